The first-order valence-corrected chi connectivity index (χ1v) is 5.68. The second-order valence-electron chi connectivity index (χ2n) is 4.53. The number of carbonyl (C=O) groups excluding carboxylic acids is 1. The molecule has 1 unspecified atom stereocenters. The van der Waals surface area contributed by atoms with Crippen LogP contribution in [0.4, 0.5) is 0 Å². The molecule has 0 saturated carbocycles. The Bertz CT molecular complexity index is 180. The molecule has 0 bridgehead atoms. The van der Waals surface area contributed by atoms with Crippen molar-refractivity contribution in [3.05, 3.63) is 0 Å². The molecule has 0 aromatic carbocycles. The van der Waals surface area contributed by atoms with Gasteiger partial charge in [-0.05, 0) is 31.7 Å². The zero-order valence-electron chi connectivity index (χ0n) is 9.31. The van der Waals surface area contributed by atoms with E-state index in [-0.39, 0.29) is 5.91 Å². The Morgan fingerprint density at radius 3 is 3.07 bits per heavy atom. The van der Waals surface area contributed by atoms with Gasteiger partial charge in [-0.1, -0.05) is 13.8 Å². The predicted molar refractivity (Wildman–Crippen MR) is 58.1 cm³/mol. The van der Waals surface area contributed by atoms with Crippen LogP contribution in [0.1, 0.15) is 39.5 Å². The summed E-state index contributed by atoms with van der Waals surface area (Å²) in [5, 5.41) is 6.36. The van der Waals surface area contributed by atoms with Crippen molar-refractivity contribution < 1.29 is 4.79 Å². The maximum absolute atomic E-state index is 11.2. The molecule has 1 rings (SSSR count). The molecule has 1 atom stereocenters. The molecule has 2 N–H and O–H groups in total. The van der Waals surface area contributed by atoms with Crippen molar-refractivity contribution in [1.82, 2.24) is 10.6 Å². The highest BCUT2D eigenvalue weighted by atomic mass is 16.1. The van der Waals surface area contributed by atoms with Crippen molar-refractivity contribution in [2.24, 2.45) is 5.92 Å². The molecule has 1 heterocycles. The second-order valence-corrected chi connectivity index (χ2v) is 4.53. The van der Waals surface area contributed by atoms with Crippen LogP contribution in [0.25, 0.3) is 0 Å². The number of carbonyl (C=O) groups is 1. The van der Waals surface area contributed by atoms with Crippen molar-refractivity contribution in [2.45, 2.75) is 45.6 Å². The van der Waals surface area contributed by atoms with E-state index in [1.54, 1.807) is 0 Å². The fraction of sp³-hybridized carbons (Fsp3) is 0.909. The first kappa shape index (κ1) is 11.5. The molecule has 0 aromatic rings. The minimum atomic E-state index is 0.199. The molecule has 3 heteroatoms. The van der Waals surface area contributed by atoms with E-state index in [2.05, 4.69) is 24.5 Å². The van der Waals surface area contributed by atoms with Crippen molar-refractivity contribution in [1.29, 1.82) is 0 Å². The molecule has 0 spiro atoms. The average Bonchev–Trinajstić information content (AvgIpc) is 2.29. The van der Waals surface area contributed by atoms with Crippen LogP contribution >= 0.6 is 0 Å². The Kier molecular flexibility index (Phi) is 4.94. The van der Waals surface area contributed by atoms with E-state index in [1.807, 2.05) is 0 Å². The quantitative estimate of drug-likeness (QED) is 0.714. The van der Waals surface area contributed by atoms with Crippen LogP contribution in [0, 0.1) is 5.92 Å². The first-order valence-electron chi connectivity index (χ1n) is 5.68. The van der Waals surface area contributed by atoms with Crippen LogP contribution < -0.4 is 10.6 Å². The zero-order chi connectivity index (χ0) is 10.4. The Morgan fingerprint density at radius 2 is 2.36 bits per heavy atom. The molecule has 0 radical (unpaired) electrons. The van der Waals surface area contributed by atoms with Gasteiger partial charge in [0.25, 0.3) is 0 Å². The van der Waals surface area contributed by atoms with Gasteiger partial charge in [0.05, 0.1) is 0 Å². The number of amides is 1. The normalized spacial score (nSPS) is 23.4. The molecule has 0 aromatic heterocycles. The topological polar surface area (TPSA) is 41.1 Å². The van der Waals surface area contributed by atoms with Crippen molar-refractivity contribution >= 4 is 5.91 Å². The van der Waals surface area contributed by atoms with Gasteiger partial charge in [-0.15, -0.1) is 0 Å². The molecule has 1 aliphatic rings. The van der Waals surface area contributed by atoms with Gasteiger partial charge in [-0.25, -0.2) is 0 Å². The highest BCUT2D eigenvalue weighted by Gasteiger charge is 2.16. The Balaban J connectivity index is 2.18. The van der Waals surface area contributed by atoms with Gasteiger partial charge < -0.3 is 10.6 Å². The molecule has 1 aliphatic heterocycles. The maximum atomic E-state index is 11.2. The van der Waals surface area contributed by atoms with E-state index >= 15 is 0 Å². The summed E-state index contributed by atoms with van der Waals surface area (Å²) in [4.78, 5) is 11.2. The average molecular weight is 198 g/mol. The number of hydrogen-bond acceptors (Lipinski definition) is 2. The maximum Gasteiger partial charge on any atom is 0.221 e. The molecule has 0 aliphatic carbocycles. The fourth-order valence-corrected chi connectivity index (χ4v) is 1.72. The summed E-state index contributed by atoms with van der Waals surface area (Å²) >= 11 is 0. The molecular weight excluding hydrogens is 176 g/mol. The van der Waals surface area contributed by atoms with Crippen LogP contribution in [-0.4, -0.2) is 25.0 Å². The smallest absolute Gasteiger partial charge is 0.221 e. The van der Waals surface area contributed by atoms with Crippen LogP contribution in [0.5, 0.6) is 0 Å². The lowest BCUT2D eigenvalue weighted by Gasteiger charge is -2.15. The molecule has 1 saturated heterocycles. The van der Waals surface area contributed by atoms with Gasteiger partial charge in [0.15, 0.2) is 0 Å². The predicted octanol–water partition coefficient (Wildman–Crippen LogP) is 1.29. The first-order chi connectivity index (χ1) is 6.68. The van der Waals surface area contributed by atoms with Crippen molar-refractivity contribution in [2.75, 3.05) is 13.1 Å². The minimum absolute atomic E-state index is 0.199. The van der Waals surface area contributed by atoms with Crippen molar-refractivity contribution in [3.8, 4) is 0 Å². The molecule has 1 fully saturated rings. The third-order valence-corrected chi connectivity index (χ3v) is 2.64. The summed E-state index contributed by atoms with van der Waals surface area (Å²) in [6.45, 7) is 6.33. The standard InChI is InChI=1S/C11H22N2O/c1-9(2)5-7-12-10-4-3-6-13-11(14)8-10/h9-10,12H,3-8H2,1-2H3,(H,13,14). The van der Waals surface area contributed by atoms with E-state index in [4.69, 9.17) is 0 Å². The summed E-state index contributed by atoms with van der Waals surface area (Å²) in [5.74, 6) is 0.937. The lowest BCUT2D eigenvalue weighted by atomic mass is 10.1. The SMILES string of the molecule is CC(C)CCNC1CCCNC(=O)C1. The summed E-state index contributed by atoms with van der Waals surface area (Å²) in [5.41, 5.74) is 0. The van der Waals surface area contributed by atoms with E-state index in [9.17, 15) is 4.79 Å². The van der Waals surface area contributed by atoms with Gasteiger partial charge >= 0.3 is 0 Å². The molecule has 1 amide bonds. The summed E-state index contributed by atoms with van der Waals surface area (Å²) < 4.78 is 0. The third-order valence-electron chi connectivity index (χ3n) is 2.64. The van der Waals surface area contributed by atoms with E-state index in [1.165, 1.54) is 6.42 Å². The molecular formula is C11H22N2O. The monoisotopic (exact) mass is 198 g/mol. The van der Waals surface area contributed by atoms with Gasteiger partial charge in [0.2, 0.25) is 5.91 Å². The minimum Gasteiger partial charge on any atom is -0.356 e. The number of hydrogen-bond donors (Lipinski definition) is 2. The number of rotatable bonds is 4. The van der Waals surface area contributed by atoms with Gasteiger partial charge in [0, 0.05) is 19.0 Å². The van der Waals surface area contributed by atoms with Gasteiger partial charge in [-0.2, -0.15) is 0 Å². The van der Waals surface area contributed by atoms with Gasteiger partial charge in [0.1, 0.15) is 0 Å². The summed E-state index contributed by atoms with van der Waals surface area (Å²) in [6, 6.07) is 0.399. The van der Waals surface area contributed by atoms with Crippen LogP contribution in [0.15, 0.2) is 0 Å². The second kappa shape index (κ2) is 6.02. The Morgan fingerprint density at radius 1 is 1.57 bits per heavy atom. The number of nitrogens with one attached hydrogen (secondary N) is 2. The van der Waals surface area contributed by atoms with E-state index in [0.717, 1.165) is 31.8 Å². The van der Waals surface area contributed by atoms with E-state index in [0.29, 0.717) is 12.5 Å². The van der Waals surface area contributed by atoms with Gasteiger partial charge in [-0.3, -0.25) is 4.79 Å². The largest absolute Gasteiger partial charge is 0.356 e. The van der Waals surface area contributed by atoms with E-state index < -0.39 is 0 Å². The van der Waals surface area contributed by atoms with Crippen LogP contribution in [0.3, 0.4) is 0 Å². The Labute approximate surface area is 86.6 Å². The lowest BCUT2D eigenvalue weighted by Crippen LogP contribution is -2.33. The summed E-state index contributed by atoms with van der Waals surface area (Å²) in [7, 11) is 0. The third kappa shape index (κ3) is 4.61. The molecule has 82 valence electrons. The highest BCUT2D eigenvalue weighted by molar-refractivity contribution is 5.76. The molecule has 3 nitrogen and oxygen atoms in total. The zero-order valence-corrected chi connectivity index (χ0v) is 9.31. The van der Waals surface area contributed by atoms with Crippen LogP contribution in [0.2, 0.25) is 0 Å². The Hall–Kier alpha value is -0.570. The lowest BCUT2D eigenvalue weighted by molar-refractivity contribution is -0.121. The van der Waals surface area contributed by atoms with Crippen LogP contribution in [-0.2, 0) is 4.79 Å². The molecule has 14 heavy (non-hydrogen) atoms. The van der Waals surface area contributed by atoms with Crippen molar-refractivity contribution in [3.63, 3.8) is 0 Å². The highest BCUT2D eigenvalue weighted by Crippen LogP contribution is 2.06. The fourth-order valence-electron chi connectivity index (χ4n) is 1.72. The summed E-state index contributed by atoms with van der Waals surface area (Å²) in [6.07, 6.45) is 4.07.